The van der Waals surface area contributed by atoms with Gasteiger partial charge in [-0.3, -0.25) is 10.1 Å². The maximum atomic E-state index is 11.9. The van der Waals surface area contributed by atoms with E-state index in [2.05, 4.69) is 62.1 Å². The lowest BCUT2D eigenvalue weighted by atomic mass is 9.79. The first kappa shape index (κ1) is 22.0. The van der Waals surface area contributed by atoms with Crippen LogP contribution in [-0.2, 0) is 0 Å². The van der Waals surface area contributed by atoms with E-state index in [1.54, 1.807) is 12.1 Å². The second-order valence-corrected chi connectivity index (χ2v) is 9.60. The molecule has 1 fully saturated rings. The highest BCUT2D eigenvalue weighted by atomic mass is 16.6. The van der Waals surface area contributed by atoms with Crippen LogP contribution < -0.4 is 15.4 Å². The van der Waals surface area contributed by atoms with E-state index < -0.39 is 4.92 Å². The summed E-state index contributed by atoms with van der Waals surface area (Å²) in [4.78, 5) is 19.6. The van der Waals surface area contributed by atoms with Crippen LogP contribution in [0.5, 0.6) is 11.6 Å². The summed E-state index contributed by atoms with van der Waals surface area (Å²) in [6.45, 7) is 12.7. The van der Waals surface area contributed by atoms with Gasteiger partial charge in [0.1, 0.15) is 12.1 Å². The van der Waals surface area contributed by atoms with E-state index in [0.717, 1.165) is 18.4 Å². The molecule has 2 heterocycles. The summed E-state index contributed by atoms with van der Waals surface area (Å²) in [5.74, 6) is 1.00. The van der Waals surface area contributed by atoms with Crippen molar-refractivity contribution in [1.82, 2.24) is 15.3 Å². The Hall–Kier alpha value is -2.74. The summed E-state index contributed by atoms with van der Waals surface area (Å²) < 4.78 is 5.77. The fourth-order valence-corrected chi connectivity index (χ4v) is 4.36. The second-order valence-electron chi connectivity index (χ2n) is 9.60. The van der Waals surface area contributed by atoms with Crippen molar-refractivity contribution < 1.29 is 9.66 Å². The number of ether oxygens (including phenoxy) is 1. The number of nitrogens with one attached hydrogen (secondary N) is 2. The number of piperidine rings is 1. The fraction of sp³-hybridized carbons (Fsp3) is 0.545. The van der Waals surface area contributed by atoms with Gasteiger partial charge in [0.2, 0.25) is 5.82 Å². The summed E-state index contributed by atoms with van der Waals surface area (Å²) in [6, 6.07) is 7.53. The molecular weight excluding hydrogens is 382 g/mol. The molecule has 1 aliphatic heterocycles. The predicted molar refractivity (Wildman–Crippen MR) is 117 cm³/mol. The number of aromatic nitrogens is 2. The van der Waals surface area contributed by atoms with Crippen LogP contribution in [0.2, 0.25) is 0 Å². The molecule has 8 heteroatoms. The highest BCUT2D eigenvalue weighted by Crippen LogP contribution is 2.37. The lowest BCUT2D eigenvalue weighted by molar-refractivity contribution is -0.385. The van der Waals surface area contributed by atoms with Crippen LogP contribution in [0, 0.1) is 10.1 Å². The third-order valence-electron chi connectivity index (χ3n) is 5.26. The maximum Gasteiger partial charge on any atom is 0.373 e. The van der Waals surface area contributed by atoms with Gasteiger partial charge < -0.3 is 15.4 Å². The number of nitro groups is 1. The number of hydrogen-bond donors (Lipinski definition) is 2. The standard InChI is InChI=1S/C22H31N5O3/c1-14(2)15-7-9-17(10-8-15)30-20-18(27(28)29)19(23-13-24-20)25-16-11-21(3,4)26-22(5,6)12-16/h7-10,13-14,16,26H,11-12H2,1-6H3,(H,23,24,25). The van der Waals surface area contributed by atoms with Crippen LogP contribution in [0.25, 0.3) is 0 Å². The van der Waals surface area contributed by atoms with Crippen LogP contribution >= 0.6 is 0 Å². The van der Waals surface area contributed by atoms with E-state index in [4.69, 9.17) is 4.74 Å². The molecule has 0 atom stereocenters. The van der Waals surface area contributed by atoms with Gasteiger partial charge in [-0.2, -0.15) is 4.98 Å². The van der Waals surface area contributed by atoms with Gasteiger partial charge in [-0.1, -0.05) is 26.0 Å². The van der Waals surface area contributed by atoms with Crippen molar-refractivity contribution in [2.75, 3.05) is 5.32 Å². The van der Waals surface area contributed by atoms with Gasteiger partial charge in [-0.05, 0) is 64.2 Å². The molecule has 162 valence electrons. The van der Waals surface area contributed by atoms with Gasteiger partial charge >= 0.3 is 11.6 Å². The van der Waals surface area contributed by atoms with E-state index >= 15 is 0 Å². The van der Waals surface area contributed by atoms with Crippen molar-refractivity contribution in [2.24, 2.45) is 0 Å². The molecule has 1 saturated heterocycles. The third-order valence-corrected chi connectivity index (χ3v) is 5.26. The Kier molecular flexibility index (Phi) is 5.99. The Morgan fingerprint density at radius 3 is 2.27 bits per heavy atom. The molecule has 0 aliphatic carbocycles. The van der Waals surface area contributed by atoms with Crippen molar-refractivity contribution in [2.45, 2.75) is 77.4 Å². The maximum absolute atomic E-state index is 11.9. The molecule has 0 radical (unpaired) electrons. The molecule has 1 aliphatic rings. The molecule has 0 saturated carbocycles. The molecule has 0 amide bonds. The minimum absolute atomic E-state index is 0.0306. The van der Waals surface area contributed by atoms with E-state index in [1.165, 1.54) is 6.33 Å². The summed E-state index contributed by atoms with van der Waals surface area (Å²) >= 11 is 0. The Morgan fingerprint density at radius 1 is 1.13 bits per heavy atom. The molecule has 0 bridgehead atoms. The van der Waals surface area contributed by atoms with Crippen molar-refractivity contribution >= 4 is 11.5 Å². The summed E-state index contributed by atoms with van der Waals surface area (Å²) in [5.41, 5.74) is 0.717. The number of rotatable bonds is 6. The van der Waals surface area contributed by atoms with Gasteiger partial charge in [0.25, 0.3) is 0 Å². The van der Waals surface area contributed by atoms with Gasteiger partial charge in [0.05, 0.1) is 4.92 Å². The van der Waals surface area contributed by atoms with Crippen LogP contribution in [0.1, 0.15) is 65.9 Å². The highest BCUT2D eigenvalue weighted by molar-refractivity contribution is 5.62. The summed E-state index contributed by atoms with van der Waals surface area (Å²) in [7, 11) is 0. The predicted octanol–water partition coefficient (Wildman–Crippen LogP) is 5.02. The second kappa shape index (κ2) is 8.18. The number of hydrogen-bond acceptors (Lipinski definition) is 7. The monoisotopic (exact) mass is 413 g/mol. The van der Waals surface area contributed by atoms with Crippen LogP contribution in [0.4, 0.5) is 11.5 Å². The molecule has 1 aromatic carbocycles. The Morgan fingerprint density at radius 2 is 1.73 bits per heavy atom. The number of anilines is 1. The number of benzene rings is 1. The van der Waals surface area contributed by atoms with Crippen LogP contribution in [0.3, 0.4) is 0 Å². The largest absolute Gasteiger partial charge is 0.434 e. The molecule has 0 spiro atoms. The van der Waals surface area contributed by atoms with Crippen molar-refractivity contribution in [1.29, 1.82) is 0 Å². The lowest BCUT2D eigenvalue weighted by Gasteiger charge is -2.46. The van der Waals surface area contributed by atoms with Gasteiger partial charge in [0.15, 0.2) is 0 Å². The minimum Gasteiger partial charge on any atom is -0.434 e. The van der Waals surface area contributed by atoms with Gasteiger partial charge in [0, 0.05) is 17.1 Å². The van der Waals surface area contributed by atoms with Crippen molar-refractivity contribution in [3.8, 4) is 11.6 Å². The van der Waals surface area contributed by atoms with Crippen molar-refractivity contribution in [3.05, 3.63) is 46.3 Å². The zero-order chi connectivity index (χ0) is 22.1. The zero-order valence-electron chi connectivity index (χ0n) is 18.5. The smallest absolute Gasteiger partial charge is 0.373 e. The van der Waals surface area contributed by atoms with E-state index in [0.29, 0.717) is 11.7 Å². The van der Waals surface area contributed by atoms with Crippen LogP contribution in [-0.4, -0.2) is 32.0 Å². The molecule has 2 N–H and O–H groups in total. The van der Waals surface area contributed by atoms with Crippen LogP contribution in [0.15, 0.2) is 30.6 Å². The van der Waals surface area contributed by atoms with E-state index in [1.807, 2.05) is 12.1 Å². The lowest BCUT2D eigenvalue weighted by Crippen LogP contribution is -2.60. The zero-order valence-corrected chi connectivity index (χ0v) is 18.5. The molecule has 1 aromatic heterocycles. The molecule has 30 heavy (non-hydrogen) atoms. The summed E-state index contributed by atoms with van der Waals surface area (Å²) in [5, 5.41) is 18.8. The normalized spacial score (nSPS) is 18.2. The van der Waals surface area contributed by atoms with Crippen molar-refractivity contribution in [3.63, 3.8) is 0 Å². The Bertz CT molecular complexity index is 893. The van der Waals surface area contributed by atoms with Gasteiger partial charge in [-0.25, -0.2) is 4.98 Å². The Balaban J connectivity index is 1.87. The number of nitrogens with zero attached hydrogens (tertiary/aromatic N) is 3. The SMILES string of the molecule is CC(C)c1ccc(Oc2ncnc(NC3CC(C)(C)NC(C)(C)C3)c2[N+](=O)[O-])cc1. The minimum atomic E-state index is -0.489. The van der Waals surface area contributed by atoms with Gasteiger partial charge in [-0.15, -0.1) is 0 Å². The van der Waals surface area contributed by atoms with E-state index in [9.17, 15) is 10.1 Å². The first-order chi connectivity index (χ1) is 14.0. The molecule has 0 unspecified atom stereocenters. The highest BCUT2D eigenvalue weighted by Gasteiger charge is 2.39. The first-order valence-corrected chi connectivity index (χ1v) is 10.3. The average molecular weight is 414 g/mol. The Labute approximate surface area is 177 Å². The molecule has 2 aromatic rings. The fourth-order valence-electron chi connectivity index (χ4n) is 4.36. The van der Waals surface area contributed by atoms with E-state index in [-0.39, 0.29) is 34.5 Å². The summed E-state index contributed by atoms with van der Waals surface area (Å²) in [6.07, 6.45) is 2.92. The first-order valence-electron chi connectivity index (χ1n) is 10.3. The molecular formula is C22H31N5O3. The molecule has 3 rings (SSSR count). The third kappa shape index (κ3) is 5.24. The average Bonchev–Trinajstić information content (AvgIpc) is 2.59. The molecule has 8 nitrogen and oxygen atoms in total. The quantitative estimate of drug-likeness (QED) is 0.506. The topological polar surface area (TPSA) is 102 Å².